The molecule has 304 valence electrons. The van der Waals surface area contributed by atoms with E-state index in [1.807, 2.05) is 0 Å². The second-order valence-corrected chi connectivity index (χ2v) is 19.3. The molecule has 0 amide bonds. The first kappa shape index (κ1) is 37.5. The summed E-state index contributed by atoms with van der Waals surface area (Å²) in [7, 11) is 0. The number of fused-ring (bicyclic) bond motifs is 9. The van der Waals surface area contributed by atoms with Gasteiger partial charge in [-0.25, -0.2) is 0 Å². The van der Waals surface area contributed by atoms with Crippen LogP contribution in [0.1, 0.15) is 52.7 Å². The van der Waals surface area contributed by atoms with Crippen molar-refractivity contribution in [2.75, 3.05) is 9.80 Å². The third-order valence-electron chi connectivity index (χ3n) is 13.5. The fourth-order valence-electron chi connectivity index (χ4n) is 10.4. The van der Waals surface area contributed by atoms with Crippen molar-refractivity contribution >= 4 is 84.9 Å². The van der Waals surface area contributed by atoms with Crippen LogP contribution in [0, 0.1) is 0 Å². The van der Waals surface area contributed by atoms with E-state index in [1.165, 1.54) is 66.3 Å². The molecule has 2 aromatic heterocycles. The molecular formula is C58H48BN3O. The van der Waals surface area contributed by atoms with Gasteiger partial charge in [0.25, 0.3) is 0 Å². The van der Waals surface area contributed by atoms with Gasteiger partial charge in [0.1, 0.15) is 11.2 Å². The van der Waals surface area contributed by atoms with E-state index in [4.69, 9.17) is 4.42 Å². The average Bonchev–Trinajstić information content (AvgIpc) is 3.86. The molecule has 0 fully saturated rings. The predicted octanol–water partition coefficient (Wildman–Crippen LogP) is 14.7. The molecule has 10 aromatic rings. The molecule has 4 nitrogen and oxygen atoms in total. The van der Waals surface area contributed by atoms with Crippen molar-refractivity contribution in [1.29, 1.82) is 0 Å². The molecule has 0 spiro atoms. The highest BCUT2D eigenvalue weighted by atomic mass is 16.3. The maximum Gasteiger partial charge on any atom is 0.375 e. The zero-order chi connectivity index (χ0) is 42.8. The molecule has 0 unspecified atom stereocenters. The first-order valence-corrected chi connectivity index (χ1v) is 22.2. The maximum absolute atomic E-state index is 7.24. The fourth-order valence-corrected chi connectivity index (χ4v) is 10.4. The number of benzene rings is 8. The van der Waals surface area contributed by atoms with Crippen molar-refractivity contribution in [2.24, 2.45) is 0 Å². The highest BCUT2D eigenvalue weighted by Gasteiger charge is 2.47. The summed E-state index contributed by atoms with van der Waals surface area (Å²) in [6.45, 7) is 13.6. The minimum atomic E-state index is -0.219. The molecule has 63 heavy (non-hydrogen) atoms. The first-order chi connectivity index (χ1) is 30.6. The predicted molar refractivity (Wildman–Crippen MR) is 267 cm³/mol. The van der Waals surface area contributed by atoms with Gasteiger partial charge in [-0.1, -0.05) is 163 Å². The van der Waals surface area contributed by atoms with Crippen molar-refractivity contribution in [3.05, 3.63) is 193 Å². The Morgan fingerprint density at radius 2 is 1.17 bits per heavy atom. The van der Waals surface area contributed by atoms with E-state index < -0.39 is 0 Å². The van der Waals surface area contributed by atoms with E-state index in [0.29, 0.717) is 0 Å². The van der Waals surface area contributed by atoms with Crippen LogP contribution < -0.4 is 20.9 Å². The quantitative estimate of drug-likeness (QED) is 0.162. The third kappa shape index (κ3) is 5.62. The number of hydrogen-bond acceptors (Lipinski definition) is 3. The summed E-state index contributed by atoms with van der Waals surface area (Å²) < 4.78 is 9.85. The Bertz CT molecular complexity index is 3420. The Morgan fingerprint density at radius 3 is 1.92 bits per heavy atom. The van der Waals surface area contributed by atoms with E-state index in [2.05, 4.69) is 238 Å². The van der Waals surface area contributed by atoms with Crippen LogP contribution in [0.15, 0.2) is 186 Å². The van der Waals surface area contributed by atoms with Crippen molar-refractivity contribution in [2.45, 2.75) is 52.4 Å². The summed E-state index contributed by atoms with van der Waals surface area (Å²) in [6.07, 6.45) is 0. The SMILES string of the molecule is CC(C)(C)c1ccc(N2c3cc(C(C)(C)C)cc4c3B(c3oc5ccccc5c32)n2c3ccccc3c3c(N(c5ccccc5)c5ccccc5-c5ccccc5)ccc-4c32)cc1. The fraction of sp³-hybridized carbons (Fsp3) is 0.138. The van der Waals surface area contributed by atoms with Gasteiger partial charge in [0.05, 0.1) is 17.1 Å². The summed E-state index contributed by atoms with van der Waals surface area (Å²) in [5.41, 5.74) is 19.7. The number of nitrogens with zero attached hydrogens (tertiary/aromatic N) is 3. The zero-order valence-corrected chi connectivity index (χ0v) is 36.6. The molecule has 0 saturated carbocycles. The average molecular weight is 814 g/mol. The Hall–Kier alpha value is -7.24. The van der Waals surface area contributed by atoms with Gasteiger partial charge in [-0.15, -0.1) is 0 Å². The molecule has 5 heteroatoms. The third-order valence-corrected chi connectivity index (χ3v) is 13.5. The topological polar surface area (TPSA) is 24.6 Å². The van der Waals surface area contributed by atoms with Crippen LogP contribution in [0.4, 0.5) is 34.1 Å². The Kier molecular flexibility index (Phi) is 8.12. The standard InChI is InChI=1S/C58H48BN3O/c1-57(2,3)38-29-31-41(32-30-38)61-50-36-39(58(4,5)6)35-46-43-33-34-49(60(40-21-11-8-12-22-40)47-26-16-13-23-42(47)37-19-9-7-10-20-37)52-44-24-14-17-27-48(44)62(54(43)52)59(53(46)50)56-55(61)45-25-15-18-28-51(45)63-56/h7-36H,1-6H3. The normalized spacial score (nSPS) is 13.2. The van der Waals surface area contributed by atoms with Crippen molar-refractivity contribution < 1.29 is 4.42 Å². The number of aromatic nitrogens is 1. The lowest BCUT2D eigenvalue weighted by atomic mass is 9.47. The van der Waals surface area contributed by atoms with Crippen molar-refractivity contribution in [3.8, 4) is 22.3 Å². The summed E-state index contributed by atoms with van der Waals surface area (Å²) in [5, 5.41) is 3.55. The molecule has 0 radical (unpaired) electrons. The zero-order valence-electron chi connectivity index (χ0n) is 36.6. The van der Waals surface area contributed by atoms with Crippen LogP contribution >= 0.6 is 0 Å². The van der Waals surface area contributed by atoms with E-state index >= 15 is 0 Å². The minimum absolute atomic E-state index is 0.0352. The lowest BCUT2D eigenvalue weighted by Crippen LogP contribution is -2.56. The van der Waals surface area contributed by atoms with Crippen LogP contribution in [0.3, 0.4) is 0 Å². The van der Waals surface area contributed by atoms with Gasteiger partial charge in [0, 0.05) is 55.4 Å². The second-order valence-electron chi connectivity index (χ2n) is 19.3. The van der Waals surface area contributed by atoms with Crippen LogP contribution in [0.25, 0.3) is 55.0 Å². The Balaban J connectivity index is 1.21. The maximum atomic E-state index is 7.24. The van der Waals surface area contributed by atoms with Gasteiger partial charge in [0.15, 0.2) is 0 Å². The summed E-state index contributed by atoms with van der Waals surface area (Å²) in [5.74, 6) is 0. The van der Waals surface area contributed by atoms with Crippen LogP contribution in [0.5, 0.6) is 0 Å². The van der Waals surface area contributed by atoms with Gasteiger partial charge < -0.3 is 18.7 Å². The molecule has 0 N–H and O–H groups in total. The lowest BCUT2D eigenvalue weighted by Gasteiger charge is -2.40. The second kappa shape index (κ2) is 13.6. The number of anilines is 6. The van der Waals surface area contributed by atoms with E-state index in [9.17, 15) is 0 Å². The molecule has 2 aliphatic rings. The number of para-hydroxylation sites is 4. The number of rotatable bonds is 5. The number of hydrogen-bond donors (Lipinski definition) is 0. The van der Waals surface area contributed by atoms with E-state index in [-0.39, 0.29) is 17.7 Å². The molecule has 0 bridgehead atoms. The summed E-state index contributed by atoms with van der Waals surface area (Å²) in [4.78, 5) is 4.97. The molecule has 8 aromatic carbocycles. The molecule has 4 heterocycles. The van der Waals surface area contributed by atoms with Gasteiger partial charge in [-0.2, -0.15) is 0 Å². The first-order valence-electron chi connectivity index (χ1n) is 22.2. The molecule has 0 aliphatic carbocycles. The monoisotopic (exact) mass is 813 g/mol. The van der Waals surface area contributed by atoms with Crippen molar-refractivity contribution in [1.82, 2.24) is 4.48 Å². The van der Waals surface area contributed by atoms with Crippen molar-refractivity contribution in [3.63, 3.8) is 0 Å². The minimum Gasteiger partial charge on any atom is -0.466 e. The lowest BCUT2D eigenvalue weighted by molar-refractivity contribution is 0.590. The Morgan fingerprint density at radius 1 is 0.524 bits per heavy atom. The number of furan rings is 1. The molecule has 0 atom stereocenters. The summed E-state index contributed by atoms with van der Waals surface area (Å²) >= 11 is 0. The smallest absolute Gasteiger partial charge is 0.375 e. The van der Waals surface area contributed by atoms with Crippen LogP contribution in [-0.2, 0) is 10.8 Å². The van der Waals surface area contributed by atoms with Gasteiger partial charge in [0.2, 0.25) is 0 Å². The van der Waals surface area contributed by atoms with E-state index in [1.54, 1.807) is 0 Å². The van der Waals surface area contributed by atoms with Gasteiger partial charge >= 0.3 is 6.85 Å². The largest absolute Gasteiger partial charge is 0.466 e. The molecule has 0 saturated heterocycles. The van der Waals surface area contributed by atoms with Gasteiger partial charge in [-0.05, 0) is 99.2 Å². The molecule has 12 rings (SSSR count). The highest BCUT2D eigenvalue weighted by molar-refractivity contribution is 6.89. The van der Waals surface area contributed by atoms with Gasteiger partial charge in [-0.3, -0.25) is 0 Å². The molecule has 2 aliphatic heterocycles. The van der Waals surface area contributed by atoms with Crippen LogP contribution in [-0.4, -0.2) is 11.3 Å². The molecular weight excluding hydrogens is 765 g/mol. The summed E-state index contributed by atoms with van der Waals surface area (Å²) in [6, 6.07) is 67.0. The highest BCUT2D eigenvalue weighted by Crippen LogP contribution is 2.52. The Labute approximate surface area is 369 Å². The van der Waals surface area contributed by atoms with Crippen LogP contribution in [0.2, 0.25) is 0 Å². The van der Waals surface area contributed by atoms with E-state index in [0.717, 1.165) is 45.1 Å².